The Hall–Kier alpha value is -1.75. The van der Waals surface area contributed by atoms with Crippen LogP contribution in [0.4, 0.5) is 10.1 Å². The Kier molecular flexibility index (Phi) is 3.41. The SMILES string of the molecule is COC(C)(C)CCN1C(=O)C(=O)c2cccc(F)c21. The Morgan fingerprint density at radius 1 is 1.32 bits per heavy atom. The average molecular weight is 265 g/mol. The van der Waals surface area contributed by atoms with Gasteiger partial charge in [0.1, 0.15) is 5.82 Å². The number of hydrogen-bond donors (Lipinski definition) is 0. The Morgan fingerprint density at radius 2 is 2.00 bits per heavy atom. The minimum absolute atomic E-state index is 0.0874. The van der Waals surface area contributed by atoms with Gasteiger partial charge in [-0.15, -0.1) is 0 Å². The summed E-state index contributed by atoms with van der Waals surface area (Å²) >= 11 is 0. The summed E-state index contributed by atoms with van der Waals surface area (Å²) in [6, 6.07) is 4.15. The number of carbonyl (C=O) groups is 2. The fraction of sp³-hybridized carbons (Fsp3) is 0.429. The summed E-state index contributed by atoms with van der Waals surface area (Å²) < 4.78 is 19.1. The highest BCUT2D eigenvalue weighted by Crippen LogP contribution is 2.32. The lowest BCUT2D eigenvalue weighted by molar-refractivity contribution is -0.114. The number of ketones is 1. The van der Waals surface area contributed by atoms with E-state index >= 15 is 0 Å². The molecule has 0 bridgehead atoms. The quantitative estimate of drug-likeness (QED) is 0.784. The highest BCUT2D eigenvalue weighted by molar-refractivity contribution is 6.52. The number of amides is 1. The number of nitrogens with zero attached hydrogens (tertiary/aromatic N) is 1. The molecule has 102 valence electrons. The lowest BCUT2D eigenvalue weighted by Crippen LogP contribution is -2.36. The normalized spacial score (nSPS) is 15.1. The van der Waals surface area contributed by atoms with Crippen LogP contribution in [0.2, 0.25) is 0 Å². The van der Waals surface area contributed by atoms with Gasteiger partial charge in [-0.2, -0.15) is 0 Å². The van der Waals surface area contributed by atoms with E-state index in [-0.39, 0.29) is 17.8 Å². The van der Waals surface area contributed by atoms with E-state index in [1.54, 1.807) is 7.11 Å². The minimum Gasteiger partial charge on any atom is -0.379 e. The molecule has 0 atom stereocenters. The average Bonchev–Trinajstić information content (AvgIpc) is 2.62. The number of fused-ring (bicyclic) bond motifs is 1. The topological polar surface area (TPSA) is 46.6 Å². The maximum absolute atomic E-state index is 13.8. The van der Waals surface area contributed by atoms with E-state index in [0.717, 1.165) is 0 Å². The molecule has 1 aliphatic rings. The van der Waals surface area contributed by atoms with Crippen molar-refractivity contribution in [2.45, 2.75) is 25.9 Å². The largest absolute Gasteiger partial charge is 0.379 e. The molecule has 1 amide bonds. The standard InChI is InChI=1S/C14H16FNO3/c1-14(2,19-3)7-8-16-11-9(12(17)13(16)18)5-4-6-10(11)15/h4-6H,7-8H2,1-3H3. The maximum atomic E-state index is 13.8. The third kappa shape index (κ3) is 2.38. The van der Waals surface area contributed by atoms with Crippen LogP contribution in [0.25, 0.3) is 0 Å². The summed E-state index contributed by atoms with van der Waals surface area (Å²) in [4.78, 5) is 24.9. The van der Waals surface area contributed by atoms with Gasteiger partial charge in [-0.3, -0.25) is 9.59 Å². The third-order valence-corrected chi connectivity index (χ3v) is 3.43. The maximum Gasteiger partial charge on any atom is 0.299 e. The van der Waals surface area contributed by atoms with Crippen LogP contribution in [0.5, 0.6) is 0 Å². The first-order valence-corrected chi connectivity index (χ1v) is 6.07. The Morgan fingerprint density at radius 3 is 2.63 bits per heavy atom. The molecule has 0 spiro atoms. The number of ether oxygens (including phenoxy) is 1. The monoisotopic (exact) mass is 265 g/mol. The number of para-hydroxylation sites is 1. The van der Waals surface area contributed by atoms with Crippen LogP contribution in [-0.4, -0.2) is 30.9 Å². The van der Waals surface area contributed by atoms with Crippen molar-refractivity contribution in [1.82, 2.24) is 0 Å². The van der Waals surface area contributed by atoms with E-state index < -0.39 is 23.1 Å². The Bertz CT molecular complexity index is 539. The molecule has 4 nitrogen and oxygen atoms in total. The molecule has 0 aromatic heterocycles. The van der Waals surface area contributed by atoms with E-state index in [1.807, 2.05) is 13.8 Å². The lowest BCUT2D eigenvalue weighted by atomic mass is 10.0. The predicted molar refractivity (Wildman–Crippen MR) is 68.8 cm³/mol. The van der Waals surface area contributed by atoms with Crippen molar-refractivity contribution in [2.75, 3.05) is 18.6 Å². The first-order valence-electron chi connectivity index (χ1n) is 6.07. The zero-order valence-electron chi connectivity index (χ0n) is 11.2. The van der Waals surface area contributed by atoms with Gasteiger partial charge < -0.3 is 9.64 Å². The van der Waals surface area contributed by atoms with Gasteiger partial charge in [0.15, 0.2) is 0 Å². The third-order valence-electron chi connectivity index (χ3n) is 3.43. The number of Topliss-reactive ketones (excluding diaryl/α,β-unsaturated/α-hetero) is 1. The van der Waals surface area contributed by atoms with Crippen molar-refractivity contribution in [1.29, 1.82) is 0 Å². The van der Waals surface area contributed by atoms with E-state index in [0.29, 0.717) is 6.42 Å². The second-order valence-electron chi connectivity index (χ2n) is 5.14. The van der Waals surface area contributed by atoms with E-state index in [1.165, 1.54) is 23.1 Å². The van der Waals surface area contributed by atoms with Gasteiger partial charge >= 0.3 is 0 Å². The van der Waals surface area contributed by atoms with Gasteiger partial charge in [-0.05, 0) is 32.4 Å². The molecule has 19 heavy (non-hydrogen) atoms. The van der Waals surface area contributed by atoms with E-state index in [2.05, 4.69) is 0 Å². The van der Waals surface area contributed by atoms with Crippen molar-refractivity contribution in [2.24, 2.45) is 0 Å². The zero-order valence-corrected chi connectivity index (χ0v) is 11.2. The second kappa shape index (κ2) is 4.74. The smallest absolute Gasteiger partial charge is 0.299 e. The first-order chi connectivity index (χ1) is 8.87. The van der Waals surface area contributed by atoms with Crippen LogP contribution in [0.3, 0.4) is 0 Å². The molecular weight excluding hydrogens is 249 g/mol. The number of halogens is 1. The molecular formula is C14H16FNO3. The zero-order chi connectivity index (χ0) is 14.2. The molecule has 0 aliphatic carbocycles. The van der Waals surface area contributed by atoms with Crippen molar-refractivity contribution in [3.05, 3.63) is 29.6 Å². The summed E-state index contributed by atoms with van der Waals surface area (Å²) in [7, 11) is 1.57. The summed E-state index contributed by atoms with van der Waals surface area (Å²) in [5, 5.41) is 0. The van der Waals surface area contributed by atoms with Gasteiger partial charge in [-0.25, -0.2) is 4.39 Å². The molecule has 0 fully saturated rings. The molecule has 5 heteroatoms. The van der Waals surface area contributed by atoms with Crippen LogP contribution in [-0.2, 0) is 9.53 Å². The number of benzene rings is 1. The van der Waals surface area contributed by atoms with Gasteiger partial charge in [0, 0.05) is 13.7 Å². The number of anilines is 1. The molecule has 0 unspecified atom stereocenters. The number of methoxy groups -OCH3 is 1. The molecule has 0 saturated carbocycles. The molecule has 1 aromatic rings. The number of carbonyl (C=O) groups excluding carboxylic acids is 2. The molecule has 0 saturated heterocycles. The molecule has 2 rings (SSSR count). The van der Waals surface area contributed by atoms with Crippen LogP contribution in [0.15, 0.2) is 18.2 Å². The van der Waals surface area contributed by atoms with Crippen LogP contribution in [0.1, 0.15) is 30.6 Å². The van der Waals surface area contributed by atoms with Crippen molar-refractivity contribution in [3.8, 4) is 0 Å². The summed E-state index contributed by atoms with van der Waals surface area (Å²) in [6.45, 7) is 3.99. The van der Waals surface area contributed by atoms with Gasteiger partial charge in [-0.1, -0.05) is 6.07 Å². The number of rotatable bonds is 4. The fourth-order valence-corrected chi connectivity index (χ4v) is 2.01. The highest BCUT2D eigenvalue weighted by atomic mass is 19.1. The molecule has 0 radical (unpaired) electrons. The fourth-order valence-electron chi connectivity index (χ4n) is 2.01. The van der Waals surface area contributed by atoms with E-state index in [9.17, 15) is 14.0 Å². The molecule has 1 aliphatic heterocycles. The second-order valence-corrected chi connectivity index (χ2v) is 5.14. The molecule has 1 heterocycles. The highest BCUT2D eigenvalue weighted by Gasteiger charge is 2.38. The molecule has 1 aromatic carbocycles. The summed E-state index contributed by atoms with van der Waals surface area (Å²) in [5.41, 5.74) is -0.207. The molecule has 0 N–H and O–H groups in total. The minimum atomic E-state index is -0.674. The predicted octanol–water partition coefficient (Wildman–Crippen LogP) is 2.17. The Labute approximate surface area is 111 Å². The van der Waals surface area contributed by atoms with Crippen LogP contribution < -0.4 is 4.90 Å². The van der Waals surface area contributed by atoms with Crippen LogP contribution in [0, 0.1) is 5.82 Å². The van der Waals surface area contributed by atoms with Crippen molar-refractivity contribution in [3.63, 3.8) is 0 Å². The van der Waals surface area contributed by atoms with Crippen molar-refractivity contribution >= 4 is 17.4 Å². The lowest BCUT2D eigenvalue weighted by Gasteiger charge is -2.26. The number of hydrogen-bond acceptors (Lipinski definition) is 3. The van der Waals surface area contributed by atoms with Gasteiger partial charge in [0.25, 0.3) is 11.7 Å². The summed E-state index contributed by atoms with van der Waals surface area (Å²) in [6.07, 6.45) is 0.510. The van der Waals surface area contributed by atoms with Gasteiger partial charge in [0.2, 0.25) is 0 Å². The first kappa shape index (κ1) is 13.7. The summed E-state index contributed by atoms with van der Waals surface area (Å²) in [5.74, 6) is -1.87. The van der Waals surface area contributed by atoms with Gasteiger partial charge in [0.05, 0.1) is 16.9 Å². The Balaban J connectivity index is 2.29. The van der Waals surface area contributed by atoms with E-state index in [4.69, 9.17) is 4.74 Å². The van der Waals surface area contributed by atoms with Crippen molar-refractivity contribution < 1.29 is 18.7 Å². The van der Waals surface area contributed by atoms with Crippen LogP contribution >= 0.6 is 0 Å².